The van der Waals surface area contributed by atoms with E-state index >= 15 is 0 Å². The minimum Gasteiger partial charge on any atom is -0.330 e. The summed E-state index contributed by atoms with van der Waals surface area (Å²) in [5.74, 6) is 0.0636. The van der Waals surface area contributed by atoms with Gasteiger partial charge in [0.2, 0.25) is 5.91 Å². The summed E-state index contributed by atoms with van der Waals surface area (Å²) < 4.78 is 0. The number of hydrogen-bond donors (Lipinski definition) is 2. The summed E-state index contributed by atoms with van der Waals surface area (Å²) in [6.45, 7) is 7.02. The van der Waals surface area contributed by atoms with Crippen molar-refractivity contribution in [1.29, 1.82) is 0 Å². The Morgan fingerprint density at radius 3 is 2.50 bits per heavy atom. The Balaban J connectivity index is 3.87. The minimum absolute atomic E-state index is 0.0636. The molecule has 12 heavy (non-hydrogen) atoms. The smallest absolute Gasteiger partial charge is 0.237 e. The fourth-order valence-electron chi connectivity index (χ4n) is 0.910. The zero-order valence-electron chi connectivity index (χ0n) is 8.13. The molecule has 0 unspecified atom stereocenters. The number of nitrogens with two attached hydrogens (primary N) is 1. The van der Waals surface area contributed by atoms with E-state index < -0.39 is 0 Å². The molecule has 1 amide bonds. The number of rotatable bonds is 5. The molecule has 72 valence electrons. The molecule has 3 N–H and O–H groups in total. The van der Waals surface area contributed by atoms with Crippen LogP contribution in [0.25, 0.3) is 0 Å². The van der Waals surface area contributed by atoms with Gasteiger partial charge in [0.05, 0.1) is 0 Å². The van der Waals surface area contributed by atoms with Crippen molar-refractivity contribution in [2.45, 2.75) is 33.2 Å². The van der Waals surface area contributed by atoms with Crippen molar-refractivity contribution in [2.75, 3.05) is 13.1 Å². The molecule has 0 aromatic heterocycles. The van der Waals surface area contributed by atoms with Gasteiger partial charge in [-0.25, -0.2) is 5.43 Å². The van der Waals surface area contributed by atoms with Gasteiger partial charge in [-0.2, -0.15) is 0 Å². The lowest BCUT2D eigenvalue weighted by atomic mass is 10.4. The second-order valence-electron chi connectivity index (χ2n) is 2.96. The maximum Gasteiger partial charge on any atom is 0.237 e. The Morgan fingerprint density at radius 1 is 1.58 bits per heavy atom. The monoisotopic (exact) mass is 173 g/mol. The molecule has 0 saturated heterocycles. The van der Waals surface area contributed by atoms with Crippen LogP contribution in [0.2, 0.25) is 0 Å². The highest BCUT2D eigenvalue weighted by molar-refractivity contribution is 5.75. The second kappa shape index (κ2) is 5.97. The fraction of sp³-hybridized carbons (Fsp3) is 0.875. The lowest BCUT2D eigenvalue weighted by Gasteiger charge is -2.23. The van der Waals surface area contributed by atoms with E-state index in [9.17, 15) is 4.79 Å². The first-order valence-corrected chi connectivity index (χ1v) is 4.38. The molecule has 0 rings (SSSR count). The molecule has 0 aromatic carbocycles. The third kappa shape index (κ3) is 4.31. The van der Waals surface area contributed by atoms with E-state index in [4.69, 9.17) is 5.73 Å². The third-order valence-electron chi connectivity index (χ3n) is 1.39. The average molecular weight is 173 g/mol. The molecule has 0 saturated carbocycles. The Hall–Kier alpha value is -0.610. The van der Waals surface area contributed by atoms with Crippen LogP contribution >= 0.6 is 0 Å². The van der Waals surface area contributed by atoms with E-state index in [1.165, 1.54) is 0 Å². The maximum atomic E-state index is 11.3. The van der Waals surface area contributed by atoms with E-state index in [1.807, 2.05) is 20.8 Å². The number of amides is 1. The molecule has 0 atom stereocenters. The zero-order valence-corrected chi connectivity index (χ0v) is 8.13. The number of hydrogen-bond acceptors (Lipinski definition) is 3. The highest BCUT2D eigenvalue weighted by Crippen LogP contribution is 1.90. The average Bonchev–Trinajstić information content (AvgIpc) is 2.00. The standard InChI is InChI=1S/C8H19N3O/c1-4-11(10-7(2)3)8(12)5-6-9/h7,10H,4-6,9H2,1-3H3. The molecule has 0 heterocycles. The van der Waals surface area contributed by atoms with Gasteiger partial charge in [0.15, 0.2) is 0 Å². The highest BCUT2D eigenvalue weighted by Gasteiger charge is 2.10. The third-order valence-corrected chi connectivity index (χ3v) is 1.39. The van der Waals surface area contributed by atoms with Crippen LogP contribution in [0.3, 0.4) is 0 Å². The molecule has 0 aliphatic rings. The summed E-state index contributed by atoms with van der Waals surface area (Å²) in [6.07, 6.45) is 0.410. The maximum absolute atomic E-state index is 11.3. The highest BCUT2D eigenvalue weighted by atomic mass is 16.2. The van der Waals surface area contributed by atoms with Crippen molar-refractivity contribution in [3.05, 3.63) is 0 Å². The first-order valence-electron chi connectivity index (χ1n) is 4.38. The van der Waals surface area contributed by atoms with Crippen molar-refractivity contribution < 1.29 is 4.79 Å². The van der Waals surface area contributed by atoms with Crippen LogP contribution in [-0.2, 0) is 4.79 Å². The van der Waals surface area contributed by atoms with Gasteiger partial charge >= 0.3 is 0 Å². The van der Waals surface area contributed by atoms with E-state index in [0.29, 0.717) is 19.5 Å². The SMILES string of the molecule is CCN(NC(C)C)C(=O)CCN. The van der Waals surface area contributed by atoms with Crippen molar-refractivity contribution in [3.8, 4) is 0 Å². The summed E-state index contributed by atoms with van der Waals surface area (Å²) in [6, 6.07) is 0.284. The van der Waals surface area contributed by atoms with Crippen LogP contribution < -0.4 is 11.2 Å². The lowest BCUT2D eigenvalue weighted by molar-refractivity contribution is -0.134. The Kier molecular flexibility index (Phi) is 5.66. The number of nitrogens with one attached hydrogen (secondary N) is 1. The number of carbonyl (C=O) groups is 1. The zero-order chi connectivity index (χ0) is 9.56. The first-order chi connectivity index (χ1) is 5.61. The molecular weight excluding hydrogens is 154 g/mol. The molecule has 0 fully saturated rings. The van der Waals surface area contributed by atoms with Gasteiger partial charge in [-0.1, -0.05) is 0 Å². The number of nitrogens with zero attached hydrogens (tertiary/aromatic N) is 1. The summed E-state index contributed by atoms with van der Waals surface area (Å²) in [7, 11) is 0. The topological polar surface area (TPSA) is 58.4 Å². The van der Waals surface area contributed by atoms with Crippen LogP contribution in [-0.4, -0.2) is 30.0 Å². The van der Waals surface area contributed by atoms with Gasteiger partial charge in [0.25, 0.3) is 0 Å². The van der Waals surface area contributed by atoms with Crippen molar-refractivity contribution in [1.82, 2.24) is 10.4 Å². The second-order valence-corrected chi connectivity index (χ2v) is 2.96. The van der Waals surface area contributed by atoms with Crippen LogP contribution in [0.15, 0.2) is 0 Å². The Morgan fingerprint density at radius 2 is 2.17 bits per heavy atom. The van der Waals surface area contributed by atoms with Gasteiger partial charge in [-0.05, 0) is 20.8 Å². The molecule has 4 heteroatoms. The van der Waals surface area contributed by atoms with Gasteiger partial charge in [-0.3, -0.25) is 9.80 Å². The van der Waals surface area contributed by atoms with E-state index in [0.717, 1.165) is 0 Å². The number of carbonyl (C=O) groups excluding carboxylic acids is 1. The minimum atomic E-state index is 0.0636. The summed E-state index contributed by atoms with van der Waals surface area (Å²) in [5, 5.41) is 1.61. The Labute approximate surface area is 74.1 Å². The van der Waals surface area contributed by atoms with Crippen LogP contribution in [0, 0.1) is 0 Å². The predicted molar refractivity (Wildman–Crippen MR) is 49.3 cm³/mol. The van der Waals surface area contributed by atoms with Crippen molar-refractivity contribution >= 4 is 5.91 Å². The molecule has 0 aliphatic heterocycles. The summed E-state index contributed by atoms with van der Waals surface area (Å²) in [4.78, 5) is 11.3. The molecule has 0 radical (unpaired) electrons. The van der Waals surface area contributed by atoms with Gasteiger partial charge in [0, 0.05) is 25.6 Å². The first kappa shape index (κ1) is 11.4. The van der Waals surface area contributed by atoms with Gasteiger partial charge in [-0.15, -0.1) is 0 Å². The fourth-order valence-corrected chi connectivity index (χ4v) is 0.910. The predicted octanol–water partition coefficient (Wildman–Crippen LogP) is 0.0967. The molecule has 0 bridgehead atoms. The number of hydrazine groups is 1. The van der Waals surface area contributed by atoms with Crippen molar-refractivity contribution in [3.63, 3.8) is 0 Å². The molecule has 0 aliphatic carbocycles. The molecule has 0 spiro atoms. The summed E-state index contributed by atoms with van der Waals surface area (Å²) in [5.41, 5.74) is 8.32. The van der Waals surface area contributed by atoms with E-state index in [-0.39, 0.29) is 11.9 Å². The van der Waals surface area contributed by atoms with Crippen LogP contribution in [0.5, 0.6) is 0 Å². The molecule has 0 aromatic rings. The summed E-state index contributed by atoms with van der Waals surface area (Å²) >= 11 is 0. The van der Waals surface area contributed by atoms with Gasteiger partial charge in [0.1, 0.15) is 0 Å². The Bertz CT molecular complexity index is 136. The van der Waals surface area contributed by atoms with Crippen molar-refractivity contribution in [2.24, 2.45) is 5.73 Å². The lowest BCUT2D eigenvalue weighted by Crippen LogP contribution is -2.46. The quantitative estimate of drug-likeness (QED) is 0.580. The van der Waals surface area contributed by atoms with E-state index in [1.54, 1.807) is 5.01 Å². The van der Waals surface area contributed by atoms with Crippen LogP contribution in [0.4, 0.5) is 0 Å². The largest absolute Gasteiger partial charge is 0.330 e. The normalized spacial score (nSPS) is 10.4. The molecular formula is C8H19N3O. The van der Waals surface area contributed by atoms with E-state index in [2.05, 4.69) is 5.43 Å². The molecule has 4 nitrogen and oxygen atoms in total. The van der Waals surface area contributed by atoms with Gasteiger partial charge < -0.3 is 5.73 Å². The van der Waals surface area contributed by atoms with Crippen LogP contribution in [0.1, 0.15) is 27.2 Å².